The number of nitrogens with zero attached hydrogens (tertiary/aromatic N) is 3. The number of piperazine rings is 1. The number of carbonyl (C=O) groups is 2. The zero-order chi connectivity index (χ0) is 29.0. The topological polar surface area (TPSA) is 102 Å². The van der Waals surface area contributed by atoms with Crippen molar-refractivity contribution in [3.63, 3.8) is 0 Å². The Morgan fingerprint density at radius 1 is 1.00 bits per heavy atom. The number of piperidine rings is 1. The molecule has 2 saturated heterocycles. The van der Waals surface area contributed by atoms with Crippen molar-refractivity contribution in [1.82, 2.24) is 15.5 Å². The molecule has 9 nitrogen and oxygen atoms in total. The summed E-state index contributed by atoms with van der Waals surface area (Å²) in [6, 6.07) is 14.3. The Kier molecular flexibility index (Phi) is 9.41. The quantitative estimate of drug-likeness (QED) is 0.434. The highest BCUT2D eigenvalue weighted by Gasteiger charge is 2.34. The molecule has 0 aromatic heterocycles. The first-order valence-electron chi connectivity index (χ1n) is 14.5. The maximum atomic E-state index is 13.8. The summed E-state index contributed by atoms with van der Waals surface area (Å²) >= 11 is 6.07. The van der Waals surface area contributed by atoms with E-state index in [-0.39, 0.29) is 17.7 Å². The van der Waals surface area contributed by atoms with Gasteiger partial charge in [-0.3, -0.25) is 13.9 Å². The predicted molar refractivity (Wildman–Crippen MR) is 163 cm³/mol. The highest BCUT2D eigenvalue weighted by molar-refractivity contribution is 7.92. The molecule has 0 bridgehead atoms. The number of rotatable bonds is 10. The molecule has 222 valence electrons. The van der Waals surface area contributed by atoms with Crippen molar-refractivity contribution in [3.8, 4) is 0 Å². The number of halogens is 1. The van der Waals surface area contributed by atoms with E-state index in [0.717, 1.165) is 50.0 Å². The molecule has 2 N–H and O–H groups in total. The summed E-state index contributed by atoms with van der Waals surface area (Å²) in [4.78, 5) is 31.0. The van der Waals surface area contributed by atoms with E-state index in [1.807, 2.05) is 41.3 Å². The van der Waals surface area contributed by atoms with Crippen LogP contribution in [0.15, 0.2) is 48.5 Å². The van der Waals surface area contributed by atoms with Crippen molar-refractivity contribution in [1.29, 1.82) is 0 Å². The van der Waals surface area contributed by atoms with Crippen LogP contribution < -0.4 is 19.8 Å². The van der Waals surface area contributed by atoms with Gasteiger partial charge in [0.25, 0.3) is 0 Å². The van der Waals surface area contributed by atoms with Crippen LogP contribution in [-0.4, -0.2) is 83.2 Å². The minimum absolute atomic E-state index is 0.0668. The van der Waals surface area contributed by atoms with Crippen LogP contribution in [0.4, 0.5) is 11.4 Å². The highest BCUT2D eigenvalue weighted by atomic mass is 35.5. The van der Waals surface area contributed by atoms with Gasteiger partial charge in [-0.15, -0.1) is 0 Å². The molecule has 1 aliphatic carbocycles. The van der Waals surface area contributed by atoms with E-state index in [9.17, 15) is 18.0 Å². The van der Waals surface area contributed by atoms with Gasteiger partial charge in [0, 0.05) is 50.1 Å². The fourth-order valence-corrected chi connectivity index (χ4v) is 6.83. The lowest BCUT2D eigenvalue weighted by atomic mass is 9.96. The molecule has 0 spiro atoms. The van der Waals surface area contributed by atoms with Gasteiger partial charge in [0.2, 0.25) is 21.8 Å². The molecule has 1 atom stereocenters. The van der Waals surface area contributed by atoms with E-state index in [0.29, 0.717) is 55.8 Å². The van der Waals surface area contributed by atoms with E-state index < -0.39 is 16.1 Å². The number of sulfonamides is 1. The molecular formula is C30H40ClN5O4S. The molecule has 2 aromatic rings. The largest absolute Gasteiger partial charge is 0.366 e. The third kappa shape index (κ3) is 7.72. The molecule has 2 aromatic carbocycles. The second-order valence-electron chi connectivity index (χ2n) is 11.5. The zero-order valence-corrected chi connectivity index (χ0v) is 25.2. The fourth-order valence-electron chi connectivity index (χ4n) is 5.71. The number of amides is 2. The predicted octanol–water partition coefficient (Wildman–Crippen LogP) is 2.89. The number of para-hydroxylation sites is 2. The van der Waals surface area contributed by atoms with Crippen LogP contribution in [0, 0.1) is 11.8 Å². The number of benzene rings is 2. The van der Waals surface area contributed by atoms with Crippen molar-refractivity contribution in [2.75, 3.05) is 61.3 Å². The van der Waals surface area contributed by atoms with E-state index in [1.165, 1.54) is 10.6 Å². The van der Waals surface area contributed by atoms with Crippen LogP contribution in [-0.2, 0) is 26.0 Å². The van der Waals surface area contributed by atoms with Gasteiger partial charge in [0.15, 0.2) is 0 Å². The van der Waals surface area contributed by atoms with Crippen molar-refractivity contribution >= 4 is 44.8 Å². The van der Waals surface area contributed by atoms with Crippen molar-refractivity contribution in [3.05, 3.63) is 59.1 Å². The number of hydrogen-bond donors (Lipinski definition) is 2. The number of carbonyl (C=O) groups excluding carboxylic acids is 2. The molecule has 0 radical (unpaired) electrons. The molecule has 2 heterocycles. The van der Waals surface area contributed by atoms with Crippen molar-refractivity contribution < 1.29 is 18.0 Å². The SMILES string of the molecule is CS(=O)(=O)N(CC1CC1)c1ccccc1N1CCN(C(=O)C(Cc2ccc(Cl)cc2)NC(=O)C2CCNCC2)CC1. The number of hydrogen-bond acceptors (Lipinski definition) is 6. The summed E-state index contributed by atoms with van der Waals surface area (Å²) in [5.41, 5.74) is 2.49. The summed E-state index contributed by atoms with van der Waals surface area (Å²) in [6.07, 6.45) is 5.29. The van der Waals surface area contributed by atoms with Gasteiger partial charge in [0.1, 0.15) is 6.04 Å². The first-order chi connectivity index (χ1) is 19.7. The summed E-state index contributed by atoms with van der Waals surface area (Å²) in [5, 5.41) is 6.98. The molecule has 1 unspecified atom stereocenters. The van der Waals surface area contributed by atoms with Gasteiger partial charge < -0.3 is 20.4 Å². The second-order valence-corrected chi connectivity index (χ2v) is 13.8. The third-order valence-corrected chi connectivity index (χ3v) is 9.68. The Bertz CT molecular complexity index is 1320. The normalized spacial score (nSPS) is 19.1. The van der Waals surface area contributed by atoms with Crippen LogP contribution >= 0.6 is 11.6 Å². The second kappa shape index (κ2) is 13.0. The number of nitrogens with one attached hydrogen (secondary N) is 2. The Morgan fingerprint density at radius 3 is 2.29 bits per heavy atom. The summed E-state index contributed by atoms with van der Waals surface area (Å²) < 4.78 is 27.0. The molecule has 2 amide bonds. The Hall–Kier alpha value is -2.82. The van der Waals surface area contributed by atoms with Gasteiger partial charge in [-0.1, -0.05) is 35.9 Å². The molecule has 11 heteroatoms. The van der Waals surface area contributed by atoms with Crippen LogP contribution in [0.2, 0.25) is 5.02 Å². The average molecular weight is 602 g/mol. The zero-order valence-electron chi connectivity index (χ0n) is 23.6. The lowest BCUT2D eigenvalue weighted by Gasteiger charge is -2.39. The Morgan fingerprint density at radius 2 is 1.66 bits per heavy atom. The van der Waals surface area contributed by atoms with Crippen LogP contribution in [0.25, 0.3) is 0 Å². The van der Waals surface area contributed by atoms with Crippen molar-refractivity contribution in [2.45, 2.75) is 38.1 Å². The Balaban J connectivity index is 1.28. The van der Waals surface area contributed by atoms with E-state index in [1.54, 1.807) is 12.1 Å². The first-order valence-corrected chi connectivity index (χ1v) is 16.8. The first kappa shape index (κ1) is 29.7. The Labute approximate surface area is 248 Å². The van der Waals surface area contributed by atoms with Crippen LogP contribution in [0.3, 0.4) is 0 Å². The summed E-state index contributed by atoms with van der Waals surface area (Å²) in [7, 11) is -3.43. The fraction of sp³-hybridized carbons (Fsp3) is 0.533. The van der Waals surface area contributed by atoms with Gasteiger partial charge in [-0.05, 0) is 74.5 Å². The summed E-state index contributed by atoms with van der Waals surface area (Å²) in [6.45, 7) is 4.20. The van der Waals surface area contributed by atoms with Crippen LogP contribution in [0.1, 0.15) is 31.2 Å². The maximum absolute atomic E-state index is 13.8. The third-order valence-electron chi connectivity index (χ3n) is 8.28. The van der Waals surface area contributed by atoms with Crippen LogP contribution in [0.5, 0.6) is 0 Å². The van der Waals surface area contributed by atoms with E-state index in [2.05, 4.69) is 15.5 Å². The van der Waals surface area contributed by atoms with Crippen molar-refractivity contribution in [2.24, 2.45) is 11.8 Å². The molecule has 3 fully saturated rings. The molecule has 5 rings (SSSR count). The standard InChI is InChI=1S/C30H40ClN5O4S/c1-41(39,40)36(21-23-6-7-23)28-5-3-2-4-27(28)34-16-18-35(19-17-34)30(38)26(20-22-8-10-25(31)11-9-22)33-29(37)24-12-14-32-15-13-24/h2-5,8-11,23-24,26,32H,6-7,12-21H2,1H3,(H,33,37). The van der Waals surface area contributed by atoms with Gasteiger partial charge in [-0.2, -0.15) is 0 Å². The minimum Gasteiger partial charge on any atom is -0.366 e. The average Bonchev–Trinajstić information content (AvgIpc) is 3.81. The molecule has 3 aliphatic rings. The molecular weight excluding hydrogens is 562 g/mol. The lowest BCUT2D eigenvalue weighted by Crippen LogP contribution is -2.56. The molecule has 41 heavy (non-hydrogen) atoms. The monoisotopic (exact) mass is 601 g/mol. The minimum atomic E-state index is -3.43. The van der Waals surface area contributed by atoms with Gasteiger partial charge in [0.05, 0.1) is 17.6 Å². The smallest absolute Gasteiger partial charge is 0.245 e. The lowest BCUT2D eigenvalue weighted by molar-refractivity contribution is -0.138. The molecule has 1 saturated carbocycles. The number of anilines is 2. The maximum Gasteiger partial charge on any atom is 0.245 e. The van der Waals surface area contributed by atoms with E-state index >= 15 is 0 Å². The van der Waals surface area contributed by atoms with E-state index in [4.69, 9.17) is 11.6 Å². The molecule has 2 aliphatic heterocycles. The van der Waals surface area contributed by atoms with Gasteiger partial charge in [-0.25, -0.2) is 8.42 Å². The summed E-state index contributed by atoms with van der Waals surface area (Å²) in [5.74, 6) is 0.146. The van der Waals surface area contributed by atoms with Gasteiger partial charge >= 0.3 is 0 Å². The highest BCUT2D eigenvalue weighted by Crippen LogP contribution is 2.37.